The molecule has 1 atom stereocenters. The summed E-state index contributed by atoms with van der Waals surface area (Å²) in [5, 5.41) is 19.7. The van der Waals surface area contributed by atoms with Gasteiger partial charge in [0.2, 0.25) is 16.8 Å². The quantitative estimate of drug-likeness (QED) is 0.709. The van der Waals surface area contributed by atoms with Crippen molar-refractivity contribution in [3.8, 4) is 0 Å². The summed E-state index contributed by atoms with van der Waals surface area (Å²) in [5.41, 5.74) is 0. The van der Waals surface area contributed by atoms with Crippen molar-refractivity contribution in [2.24, 2.45) is 0 Å². The number of carboxylic acids is 1. The monoisotopic (exact) mass is 359 g/mol. The summed E-state index contributed by atoms with van der Waals surface area (Å²) in [7, 11) is -0.0172. The molecule has 11 heteroatoms. The van der Waals surface area contributed by atoms with Crippen LogP contribution in [-0.4, -0.2) is 44.3 Å². The Labute approximate surface area is 137 Å². The summed E-state index contributed by atoms with van der Waals surface area (Å²) < 4.78 is 21.8. The maximum absolute atomic E-state index is 11.9. The van der Waals surface area contributed by atoms with Crippen LogP contribution >= 0.6 is 11.3 Å². The maximum atomic E-state index is 11.9. The zero-order valence-electron chi connectivity index (χ0n) is 12.0. The Morgan fingerprint density at radius 2 is 2.22 bits per heavy atom. The molecule has 1 amide bonds. The Morgan fingerprint density at radius 1 is 1.43 bits per heavy atom. The van der Waals surface area contributed by atoms with Crippen molar-refractivity contribution in [1.82, 2.24) is 10.2 Å². The fourth-order valence-corrected chi connectivity index (χ4v) is 3.23. The molecule has 0 saturated carbocycles. The molecule has 0 fully saturated rings. The number of anilines is 1. The van der Waals surface area contributed by atoms with E-state index in [0.717, 1.165) is 11.3 Å². The number of methoxy groups -OCH3 is 1. The van der Waals surface area contributed by atoms with Crippen LogP contribution in [0.2, 0.25) is 0 Å². The normalized spacial score (nSPS) is 12.0. The molecule has 9 nitrogen and oxygen atoms in total. The molecule has 0 aliphatic carbocycles. The topological polar surface area (TPSA) is 132 Å². The molecule has 0 bridgehead atoms. The Morgan fingerprint density at radius 3 is 2.87 bits per heavy atom. The van der Waals surface area contributed by atoms with Gasteiger partial charge in [-0.1, -0.05) is 11.3 Å². The molecule has 0 radical (unpaired) electrons. The Kier molecular flexibility index (Phi) is 5.96. The van der Waals surface area contributed by atoms with Crippen LogP contribution in [0.5, 0.6) is 0 Å². The Bertz CT molecular complexity index is 726. The minimum absolute atomic E-state index is 0.0499. The number of hydrogen-bond donors (Lipinski definition) is 2. The average molecular weight is 359 g/mol. The fourth-order valence-electron chi connectivity index (χ4n) is 1.57. The van der Waals surface area contributed by atoms with Gasteiger partial charge in [-0.25, -0.2) is 4.79 Å². The van der Waals surface area contributed by atoms with E-state index in [-0.39, 0.29) is 23.0 Å². The van der Waals surface area contributed by atoms with Crippen LogP contribution in [0.25, 0.3) is 0 Å². The number of carbonyl (C=O) groups excluding carboxylic acids is 1. The highest BCUT2D eigenvalue weighted by Crippen LogP contribution is 2.16. The number of rotatable bonds is 8. The van der Waals surface area contributed by atoms with Gasteiger partial charge >= 0.3 is 5.97 Å². The van der Waals surface area contributed by atoms with Gasteiger partial charge in [-0.3, -0.25) is 14.3 Å². The summed E-state index contributed by atoms with van der Waals surface area (Å²) in [6, 6.07) is 2.69. The number of amides is 1. The van der Waals surface area contributed by atoms with E-state index in [0.29, 0.717) is 16.7 Å². The van der Waals surface area contributed by atoms with Gasteiger partial charge in [0.05, 0.1) is 5.75 Å². The highest BCUT2D eigenvalue weighted by atomic mass is 32.2. The van der Waals surface area contributed by atoms with Crippen molar-refractivity contribution in [1.29, 1.82) is 0 Å². The standard InChI is InChI=1S/C12H13N3O6S2/c1-20-4-10-14-15-12(22-10)13-9(16)6-23(19)5-7-2-3-8(21-7)11(17)18/h2-3H,4-6H2,1H3,(H,17,18)(H,13,15,16). The van der Waals surface area contributed by atoms with E-state index in [2.05, 4.69) is 15.5 Å². The summed E-state index contributed by atoms with van der Waals surface area (Å²) in [5.74, 6) is -1.99. The number of aromatic carboxylic acids is 1. The van der Waals surface area contributed by atoms with Crippen molar-refractivity contribution in [3.05, 3.63) is 28.7 Å². The van der Waals surface area contributed by atoms with E-state index in [1.807, 2.05) is 0 Å². The van der Waals surface area contributed by atoms with E-state index < -0.39 is 22.7 Å². The van der Waals surface area contributed by atoms with Gasteiger partial charge in [0.1, 0.15) is 23.1 Å². The molecule has 124 valence electrons. The molecule has 0 aliphatic heterocycles. The number of carbonyl (C=O) groups is 2. The molecule has 2 rings (SSSR count). The summed E-state index contributed by atoms with van der Waals surface area (Å²) >= 11 is 1.16. The third-order valence-electron chi connectivity index (χ3n) is 2.45. The third-order valence-corrected chi connectivity index (χ3v) is 4.45. The van der Waals surface area contributed by atoms with Crippen LogP contribution in [-0.2, 0) is 32.7 Å². The van der Waals surface area contributed by atoms with Crippen LogP contribution in [0.4, 0.5) is 5.13 Å². The van der Waals surface area contributed by atoms with Crippen molar-refractivity contribution < 1.29 is 28.1 Å². The highest BCUT2D eigenvalue weighted by Gasteiger charge is 2.15. The molecule has 1 unspecified atom stereocenters. The summed E-state index contributed by atoms with van der Waals surface area (Å²) in [6.45, 7) is 0.296. The predicted octanol–water partition coefficient (Wildman–Crippen LogP) is 0.863. The SMILES string of the molecule is COCc1nnc(NC(=O)CS(=O)Cc2ccc(C(=O)O)o2)s1. The largest absolute Gasteiger partial charge is 0.475 e. The molecular formula is C12H13N3O6S2. The first-order chi connectivity index (χ1) is 11.0. The van der Waals surface area contributed by atoms with Crippen LogP contribution in [0.1, 0.15) is 21.3 Å². The molecular weight excluding hydrogens is 346 g/mol. The Hall–Kier alpha value is -2.11. The first-order valence-corrected chi connectivity index (χ1v) is 8.56. The summed E-state index contributed by atoms with van der Waals surface area (Å²) in [6.07, 6.45) is 0. The lowest BCUT2D eigenvalue weighted by atomic mass is 10.4. The van der Waals surface area contributed by atoms with Gasteiger partial charge in [-0.15, -0.1) is 10.2 Å². The van der Waals surface area contributed by atoms with Gasteiger partial charge < -0.3 is 14.3 Å². The van der Waals surface area contributed by atoms with Crippen molar-refractivity contribution in [3.63, 3.8) is 0 Å². The molecule has 2 aromatic rings. The average Bonchev–Trinajstić information content (AvgIpc) is 3.08. The Balaban J connectivity index is 1.83. The molecule has 2 heterocycles. The van der Waals surface area contributed by atoms with Crippen LogP contribution in [0, 0.1) is 0 Å². The highest BCUT2D eigenvalue weighted by molar-refractivity contribution is 7.84. The molecule has 2 N–H and O–H groups in total. The van der Waals surface area contributed by atoms with E-state index in [4.69, 9.17) is 14.3 Å². The lowest BCUT2D eigenvalue weighted by Gasteiger charge is -2.00. The number of furan rings is 1. The molecule has 0 aliphatic rings. The van der Waals surface area contributed by atoms with E-state index in [1.165, 1.54) is 19.2 Å². The number of ether oxygens (including phenoxy) is 1. The minimum Gasteiger partial charge on any atom is -0.475 e. The smallest absolute Gasteiger partial charge is 0.371 e. The van der Waals surface area contributed by atoms with Crippen molar-refractivity contribution in [2.75, 3.05) is 18.2 Å². The molecule has 0 aromatic carbocycles. The molecule has 0 spiro atoms. The van der Waals surface area contributed by atoms with E-state index in [1.54, 1.807) is 0 Å². The van der Waals surface area contributed by atoms with Crippen molar-refractivity contribution in [2.45, 2.75) is 12.4 Å². The van der Waals surface area contributed by atoms with E-state index in [9.17, 15) is 13.8 Å². The number of aromatic nitrogens is 2. The first kappa shape index (κ1) is 17.2. The second-order valence-corrected chi connectivity index (χ2v) is 6.80. The van der Waals surface area contributed by atoms with Crippen LogP contribution < -0.4 is 5.32 Å². The third kappa shape index (κ3) is 5.23. The minimum atomic E-state index is -1.54. The fraction of sp³-hybridized carbons (Fsp3) is 0.333. The second-order valence-electron chi connectivity index (χ2n) is 4.28. The van der Waals surface area contributed by atoms with Gasteiger partial charge in [0, 0.05) is 17.9 Å². The number of nitrogens with zero attached hydrogens (tertiary/aromatic N) is 2. The van der Waals surface area contributed by atoms with Gasteiger partial charge in [-0.05, 0) is 12.1 Å². The lowest BCUT2D eigenvalue weighted by molar-refractivity contribution is -0.113. The van der Waals surface area contributed by atoms with Crippen LogP contribution in [0.15, 0.2) is 16.5 Å². The molecule has 2 aromatic heterocycles. The lowest BCUT2D eigenvalue weighted by Crippen LogP contribution is -2.20. The first-order valence-electron chi connectivity index (χ1n) is 6.26. The zero-order chi connectivity index (χ0) is 16.8. The number of carboxylic acid groups (broad SMARTS) is 1. The second kappa shape index (κ2) is 7.94. The maximum Gasteiger partial charge on any atom is 0.371 e. The zero-order valence-corrected chi connectivity index (χ0v) is 13.6. The predicted molar refractivity (Wildman–Crippen MR) is 81.6 cm³/mol. The van der Waals surface area contributed by atoms with E-state index >= 15 is 0 Å². The van der Waals surface area contributed by atoms with Crippen LogP contribution in [0.3, 0.4) is 0 Å². The molecule has 23 heavy (non-hydrogen) atoms. The summed E-state index contributed by atoms with van der Waals surface area (Å²) in [4.78, 5) is 22.4. The molecule has 0 saturated heterocycles. The van der Waals surface area contributed by atoms with Gasteiger partial charge in [0.25, 0.3) is 0 Å². The van der Waals surface area contributed by atoms with Gasteiger partial charge in [-0.2, -0.15) is 0 Å². The number of hydrogen-bond acceptors (Lipinski definition) is 8. The number of nitrogens with one attached hydrogen (secondary N) is 1. The van der Waals surface area contributed by atoms with Crippen molar-refractivity contribution >= 4 is 39.1 Å². The van der Waals surface area contributed by atoms with Gasteiger partial charge in [0.15, 0.2) is 0 Å².